The van der Waals surface area contributed by atoms with Crippen LogP contribution in [0.2, 0.25) is 0 Å². The summed E-state index contributed by atoms with van der Waals surface area (Å²) in [7, 11) is 0. The fourth-order valence-electron chi connectivity index (χ4n) is 1.64. The van der Waals surface area contributed by atoms with Crippen LogP contribution in [-0.4, -0.2) is 17.4 Å². The van der Waals surface area contributed by atoms with Gasteiger partial charge in [0.2, 0.25) is 0 Å². The number of carbonyl (C=O) groups excluding carboxylic acids is 1. The third-order valence-corrected chi connectivity index (χ3v) is 2.62. The number of carbonyl (C=O) groups is 1. The Bertz CT molecular complexity index is 787. The summed E-state index contributed by atoms with van der Waals surface area (Å²) in [5.74, 6) is 4.01. The predicted octanol–water partition coefficient (Wildman–Crippen LogP) is 1.08. The second kappa shape index (κ2) is 6.50. The maximum atomic E-state index is 13.5. The van der Waals surface area contributed by atoms with E-state index in [1.54, 1.807) is 0 Å². The van der Waals surface area contributed by atoms with Crippen LogP contribution in [0.5, 0.6) is 0 Å². The lowest BCUT2D eigenvalue weighted by Crippen LogP contribution is -2.20. The van der Waals surface area contributed by atoms with E-state index in [0.717, 1.165) is 0 Å². The van der Waals surface area contributed by atoms with Crippen molar-refractivity contribution in [1.82, 2.24) is 4.98 Å². The molecule has 5 nitrogen and oxygen atoms in total. The number of rotatable bonds is 2. The largest absolute Gasteiger partial charge is 0.367 e. The van der Waals surface area contributed by atoms with Crippen LogP contribution in [0.15, 0.2) is 41.5 Å². The topological polar surface area (TPSA) is 88.0 Å². The quantitative estimate of drug-likeness (QED) is 0.721. The van der Waals surface area contributed by atoms with Crippen molar-refractivity contribution in [3.63, 3.8) is 0 Å². The van der Waals surface area contributed by atoms with Crippen LogP contribution in [0.3, 0.4) is 0 Å². The monoisotopic (exact) mass is 285 g/mol. The molecular formula is C15H12FN3O2. The van der Waals surface area contributed by atoms with Crippen molar-refractivity contribution in [2.45, 2.75) is 0 Å². The number of nitrogens with one attached hydrogen (secondary N) is 2. The van der Waals surface area contributed by atoms with E-state index < -0.39 is 17.2 Å². The average molecular weight is 285 g/mol. The summed E-state index contributed by atoms with van der Waals surface area (Å²) < 4.78 is 13.5. The molecule has 0 fully saturated rings. The van der Waals surface area contributed by atoms with E-state index in [9.17, 15) is 14.0 Å². The van der Waals surface area contributed by atoms with Crippen molar-refractivity contribution in [3.8, 4) is 11.8 Å². The first-order chi connectivity index (χ1) is 10.1. The van der Waals surface area contributed by atoms with Crippen LogP contribution in [0, 0.1) is 17.7 Å². The lowest BCUT2D eigenvalue weighted by Gasteiger charge is -2.05. The molecule has 6 heteroatoms. The standard InChI is InChI=1S/C15H12FN3O2/c16-13-4-3-11(8-10(13)2-1-6-17)19-15(21)12-9-18-7-5-14(12)20/h3-5,7-9H,6,17H2,(H,18,20)(H,19,21). The predicted molar refractivity (Wildman–Crippen MR) is 77.3 cm³/mol. The summed E-state index contributed by atoms with van der Waals surface area (Å²) in [6, 6.07) is 5.20. The van der Waals surface area contributed by atoms with Gasteiger partial charge in [0.15, 0.2) is 5.43 Å². The minimum Gasteiger partial charge on any atom is -0.367 e. The number of aromatic nitrogens is 1. The Morgan fingerprint density at radius 1 is 1.38 bits per heavy atom. The molecule has 0 aliphatic heterocycles. The van der Waals surface area contributed by atoms with Gasteiger partial charge in [0, 0.05) is 24.1 Å². The molecule has 1 aromatic carbocycles. The molecule has 0 unspecified atom stereocenters. The van der Waals surface area contributed by atoms with E-state index in [2.05, 4.69) is 22.1 Å². The molecule has 106 valence electrons. The molecule has 1 amide bonds. The molecule has 0 bridgehead atoms. The fraction of sp³-hybridized carbons (Fsp3) is 0.0667. The zero-order valence-electron chi connectivity index (χ0n) is 10.9. The van der Waals surface area contributed by atoms with Crippen LogP contribution >= 0.6 is 0 Å². The van der Waals surface area contributed by atoms with Gasteiger partial charge in [0.1, 0.15) is 11.4 Å². The van der Waals surface area contributed by atoms with Crippen LogP contribution in [0.25, 0.3) is 0 Å². The third-order valence-electron chi connectivity index (χ3n) is 2.62. The van der Waals surface area contributed by atoms with E-state index >= 15 is 0 Å². The first-order valence-corrected chi connectivity index (χ1v) is 6.09. The van der Waals surface area contributed by atoms with Crippen molar-refractivity contribution in [2.24, 2.45) is 5.73 Å². The first kappa shape index (κ1) is 14.5. The number of hydrogen-bond donors (Lipinski definition) is 3. The number of amides is 1. The highest BCUT2D eigenvalue weighted by atomic mass is 19.1. The van der Waals surface area contributed by atoms with E-state index in [1.807, 2.05) is 0 Å². The molecule has 0 atom stereocenters. The second-order valence-electron chi connectivity index (χ2n) is 4.08. The zero-order chi connectivity index (χ0) is 15.2. The SMILES string of the molecule is NCC#Cc1cc(NC(=O)c2c[nH]ccc2=O)ccc1F. The lowest BCUT2D eigenvalue weighted by molar-refractivity contribution is 0.102. The fourth-order valence-corrected chi connectivity index (χ4v) is 1.64. The molecule has 2 rings (SSSR count). The molecule has 0 spiro atoms. The highest BCUT2D eigenvalue weighted by Crippen LogP contribution is 2.14. The zero-order valence-corrected chi connectivity index (χ0v) is 10.9. The number of H-pyrrole nitrogens is 1. The van der Waals surface area contributed by atoms with Crippen LogP contribution in [0.1, 0.15) is 15.9 Å². The van der Waals surface area contributed by atoms with Gasteiger partial charge < -0.3 is 16.0 Å². The van der Waals surface area contributed by atoms with Gasteiger partial charge in [-0.25, -0.2) is 4.39 Å². The smallest absolute Gasteiger partial charge is 0.261 e. The molecule has 21 heavy (non-hydrogen) atoms. The number of pyridine rings is 1. The minimum atomic E-state index is -0.582. The van der Waals surface area contributed by atoms with Crippen LogP contribution in [0.4, 0.5) is 10.1 Å². The van der Waals surface area contributed by atoms with Crippen molar-refractivity contribution in [2.75, 3.05) is 11.9 Å². The summed E-state index contributed by atoms with van der Waals surface area (Å²) in [6.07, 6.45) is 2.73. The van der Waals surface area contributed by atoms with Gasteiger partial charge in [0.05, 0.1) is 12.1 Å². The lowest BCUT2D eigenvalue weighted by atomic mass is 10.1. The highest BCUT2D eigenvalue weighted by molar-refractivity contribution is 6.04. The van der Waals surface area contributed by atoms with Gasteiger partial charge >= 0.3 is 0 Å². The van der Waals surface area contributed by atoms with Crippen molar-refractivity contribution in [1.29, 1.82) is 0 Å². The van der Waals surface area contributed by atoms with Crippen LogP contribution < -0.4 is 16.5 Å². The van der Waals surface area contributed by atoms with Gasteiger partial charge in [0.25, 0.3) is 5.91 Å². The number of anilines is 1. The normalized spacial score (nSPS) is 9.62. The van der Waals surface area contributed by atoms with Crippen molar-refractivity contribution in [3.05, 3.63) is 63.8 Å². The van der Waals surface area contributed by atoms with E-state index in [0.29, 0.717) is 5.69 Å². The third kappa shape index (κ3) is 3.55. The van der Waals surface area contributed by atoms with Gasteiger partial charge in [-0.1, -0.05) is 11.8 Å². The van der Waals surface area contributed by atoms with Crippen LogP contribution in [-0.2, 0) is 0 Å². The number of benzene rings is 1. The molecular weight excluding hydrogens is 273 g/mol. The Morgan fingerprint density at radius 3 is 2.90 bits per heavy atom. The first-order valence-electron chi connectivity index (χ1n) is 6.09. The van der Waals surface area contributed by atoms with E-state index in [-0.39, 0.29) is 17.7 Å². The molecule has 0 aliphatic rings. The Morgan fingerprint density at radius 2 is 2.19 bits per heavy atom. The minimum absolute atomic E-state index is 0.0311. The maximum absolute atomic E-state index is 13.5. The Hall–Kier alpha value is -2.91. The number of halogens is 1. The highest BCUT2D eigenvalue weighted by Gasteiger charge is 2.10. The summed E-state index contributed by atoms with van der Waals surface area (Å²) >= 11 is 0. The molecule has 1 aromatic heterocycles. The number of nitrogens with two attached hydrogens (primary N) is 1. The Kier molecular flexibility index (Phi) is 4.49. The van der Waals surface area contributed by atoms with Gasteiger partial charge in [-0.15, -0.1) is 0 Å². The van der Waals surface area contributed by atoms with Crippen molar-refractivity contribution < 1.29 is 9.18 Å². The van der Waals surface area contributed by atoms with Crippen molar-refractivity contribution >= 4 is 11.6 Å². The van der Waals surface area contributed by atoms with Gasteiger partial charge in [-0.3, -0.25) is 9.59 Å². The Balaban J connectivity index is 2.26. The molecule has 0 aliphatic carbocycles. The number of aromatic amines is 1. The summed E-state index contributed by atoms with van der Waals surface area (Å²) in [4.78, 5) is 26.2. The maximum Gasteiger partial charge on any atom is 0.261 e. The number of hydrogen-bond acceptors (Lipinski definition) is 3. The van der Waals surface area contributed by atoms with Gasteiger partial charge in [-0.05, 0) is 18.2 Å². The molecule has 0 saturated heterocycles. The molecule has 1 heterocycles. The van der Waals surface area contributed by atoms with E-state index in [1.165, 1.54) is 36.7 Å². The summed E-state index contributed by atoms with van der Waals surface area (Å²) in [6.45, 7) is 0.107. The summed E-state index contributed by atoms with van der Waals surface area (Å²) in [5.41, 5.74) is 5.26. The summed E-state index contributed by atoms with van der Waals surface area (Å²) in [5, 5.41) is 2.52. The average Bonchev–Trinajstić information content (AvgIpc) is 2.48. The van der Waals surface area contributed by atoms with Gasteiger partial charge in [-0.2, -0.15) is 0 Å². The molecule has 2 aromatic rings. The molecule has 0 saturated carbocycles. The second-order valence-corrected chi connectivity index (χ2v) is 4.08. The molecule has 4 N–H and O–H groups in total. The Labute approximate surface area is 120 Å². The molecule has 0 radical (unpaired) electrons. The van der Waals surface area contributed by atoms with E-state index in [4.69, 9.17) is 5.73 Å².